The molecule has 0 radical (unpaired) electrons. The Bertz CT molecular complexity index is 61.9. The molecule has 3 nitrogen and oxygen atoms in total. The van der Waals surface area contributed by atoms with E-state index in [1.54, 1.807) is 7.11 Å². The number of hydrogen-bond donors (Lipinski definition) is 2. The van der Waals surface area contributed by atoms with Gasteiger partial charge < -0.3 is 14.9 Å². The third-order valence-corrected chi connectivity index (χ3v) is 1.47. The van der Waals surface area contributed by atoms with Crippen molar-refractivity contribution < 1.29 is 14.9 Å². The Hall–Kier alpha value is -0.120. The predicted molar refractivity (Wildman–Crippen MR) is 38.8 cm³/mol. The smallest absolute Gasteiger partial charge is 0.0802 e. The summed E-state index contributed by atoms with van der Waals surface area (Å²) in [5.74, 6) is 0. The molecule has 0 fully saturated rings. The number of unbranched alkanes of at least 4 members (excludes halogenated alkanes) is 1. The molecule has 62 valence electrons. The summed E-state index contributed by atoms with van der Waals surface area (Å²) in [5, 5.41) is 17.1. The van der Waals surface area contributed by atoms with Crippen LogP contribution in [-0.4, -0.2) is 36.6 Å². The summed E-state index contributed by atoms with van der Waals surface area (Å²) in [6.07, 6.45) is 2.48. The predicted octanol–water partition coefficient (Wildman–Crippen LogP) is 0.156. The maximum Gasteiger partial charge on any atom is 0.0802 e. The fourth-order valence-electron chi connectivity index (χ4n) is 0.767. The van der Waals surface area contributed by atoms with Crippen molar-refractivity contribution >= 4 is 0 Å². The van der Waals surface area contributed by atoms with Crippen LogP contribution in [0.3, 0.4) is 0 Å². The zero-order chi connectivity index (χ0) is 7.82. The summed E-state index contributed by atoms with van der Waals surface area (Å²) in [6, 6.07) is 0. The highest BCUT2D eigenvalue weighted by Crippen LogP contribution is 2.02. The van der Waals surface area contributed by atoms with Crippen LogP contribution in [0.15, 0.2) is 0 Å². The molecule has 0 spiro atoms. The van der Waals surface area contributed by atoms with E-state index in [9.17, 15) is 0 Å². The van der Waals surface area contributed by atoms with Crippen LogP contribution in [0.5, 0.6) is 0 Å². The molecule has 0 saturated heterocycles. The molecular weight excluding hydrogens is 132 g/mol. The molecule has 1 atom stereocenters. The van der Waals surface area contributed by atoms with Crippen LogP contribution >= 0.6 is 0 Å². The third-order valence-electron chi connectivity index (χ3n) is 1.47. The van der Waals surface area contributed by atoms with Gasteiger partial charge >= 0.3 is 0 Å². The maximum atomic E-state index is 8.64. The Morgan fingerprint density at radius 1 is 1.30 bits per heavy atom. The summed E-state index contributed by atoms with van der Waals surface area (Å²) >= 11 is 0. The highest BCUT2D eigenvalue weighted by Gasteiger charge is 2.03. The molecule has 0 heterocycles. The lowest BCUT2D eigenvalue weighted by atomic mass is 10.2. The molecule has 0 bridgehead atoms. The molecule has 0 amide bonds. The first-order chi connectivity index (χ1) is 4.85. The van der Waals surface area contributed by atoms with Crippen molar-refractivity contribution in [3.05, 3.63) is 0 Å². The normalized spacial score (nSPS) is 13.5. The van der Waals surface area contributed by atoms with Crippen molar-refractivity contribution in [2.75, 3.05) is 20.3 Å². The fourth-order valence-corrected chi connectivity index (χ4v) is 0.767. The lowest BCUT2D eigenvalue weighted by molar-refractivity contribution is 0.0407. The number of ether oxygens (including phenoxy) is 1. The van der Waals surface area contributed by atoms with E-state index in [-0.39, 0.29) is 19.3 Å². The van der Waals surface area contributed by atoms with Gasteiger partial charge in [0.2, 0.25) is 0 Å². The van der Waals surface area contributed by atoms with Crippen LogP contribution in [0.4, 0.5) is 0 Å². The van der Waals surface area contributed by atoms with Crippen LogP contribution in [0.1, 0.15) is 19.3 Å². The summed E-state index contributed by atoms with van der Waals surface area (Å²) in [7, 11) is 1.58. The first-order valence-corrected chi connectivity index (χ1v) is 3.59. The molecular formula is C7H16O3. The van der Waals surface area contributed by atoms with E-state index in [2.05, 4.69) is 0 Å². The summed E-state index contributed by atoms with van der Waals surface area (Å²) < 4.78 is 4.91. The standard InChI is InChI=1S/C7H16O3/c1-10-7(6-9)4-2-3-5-8/h7-9H,2-6H2,1H3/t7-/m0/s1. The van der Waals surface area contributed by atoms with E-state index in [1.807, 2.05) is 0 Å². The monoisotopic (exact) mass is 148 g/mol. The van der Waals surface area contributed by atoms with Gasteiger partial charge in [-0.2, -0.15) is 0 Å². The van der Waals surface area contributed by atoms with Gasteiger partial charge in [-0.05, 0) is 19.3 Å². The second-order valence-corrected chi connectivity index (χ2v) is 2.26. The maximum absolute atomic E-state index is 8.64. The lowest BCUT2D eigenvalue weighted by Gasteiger charge is -2.10. The molecule has 0 aliphatic carbocycles. The summed E-state index contributed by atoms with van der Waals surface area (Å²) in [6.45, 7) is 0.295. The average molecular weight is 148 g/mol. The van der Waals surface area contributed by atoms with Gasteiger partial charge in [0.1, 0.15) is 0 Å². The molecule has 0 unspecified atom stereocenters. The molecule has 0 rings (SSSR count). The highest BCUT2D eigenvalue weighted by atomic mass is 16.5. The van der Waals surface area contributed by atoms with Crippen molar-refractivity contribution in [1.82, 2.24) is 0 Å². The topological polar surface area (TPSA) is 49.7 Å². The first-order valence-electron chi connectivity index (χ1n) is 3.59. The van der Waals surface area contributed by atoms with Crippen molar-refractivity contribution in [2.45, 2.75) is 25.4 Å². The van der Waals surface area contributed by atoms with Crippen molar-refractivity contribution in [3.63, 3.8) is 0 Å². The molecule has 0 aromatic carbocycles. The SMILES string of the molecule is CO[C@H](CO)CCCCO. The highest BCUT2D eigenvalue weighted by molar-refractivity contribution is 4.54. The number of rotatable bonds is 6. The van der Waals surface area contributed by atoms with Gasteiger partial charge in [-0.15, -0.1) is 0 Å². The largest absolute Gasteiger partial charge is 0.396 e. The van der Waals surface area contributed by atoms with Crippen molar-refractivity contribution in [1.29, 1.82) is 0 Å². The molecule has 0 aromatic rings. The first kappa shape index (κ1) is 9.88. The van der Waals surface area contributed by atoms with Crippen molar-refractivity contribution in [2.24, 2.45) is 0 Å². The van der Waals surface area contributed by atoms with Crippen LogP contribution in [0.25, 0.3) is 0 Å². The minimum atomic E-state index is -0.0495. The Labute approximate surface area is 61.6 Å². The van der Waals surface area contributed by atoms with Crippen LogP contribution in [-0.2, 0) is 4.74 Å². The van der Waals surface area contributed by atoms with E-state index >= 15 is 0 Å². The fraction of sp³-hybridized carbons (Fsp3) is 1.00. The van der Waals surface area contributed by atoms with Crippen LogP contribution in [0, 0.1) is 0 Å². The van der Waals surface area contributed by atoms with Gasteiger partial charge in [-0.3, -0.25) is 0 Å². The van der Waals surface area contributed by atoms with E-state index in [1.165, 1.54) is 0 Å². The van der Waals surface area contributed by atoms with Crippen molar-refractivity contribution in [3.8, 4) is 0 Å². The Morgan fingerprint density at radius 3 is 2.40 bits per heavy atom. The molecule has 3 heteroatoms. The number of methoxy groups -OCH3 is 1. The van der Waals surface area contributed by atoms with Crippen LogP contribution < -0.4 is 0 Å². The second-order valence-electron chi connectivity index (χ2n) is 2.26. The molecule has 2 N–H and O–H groups in total. The zero-order valence-corrected chi connectivity index (χ0v) is 6.42. The second kappa shape index (κ2) is 6.99. The van der Waals surface area contributed by atoms with Gasteiger partial charge in [0.15, 0.2) is 0 Å². The quantitative estimate of drug-likeness (QED) is 0.527. The molecule has 0 aromatic heterocycles. The third kappa shape index (κ3) is 4.73. The summed E-state index contributed by atoms with van der Waals surface area (Å²) in [5.41, 5.74) is 0. The minimum absolute atomic E-state index is 0.0495. The number of aliphatic hydroxyl groups is 2. The Kier molecular flexibility index (Phi) is 6.91. The van der Waals surface area contributed by atoms with Gasteiger partial charge in [0, 0.05) is 13.7 Å². The van der Waals surface area contributed by atoms with Gasteiger partial charge in [-0.25, -0.2) is 0 Å². The molecule has 10 heavy (non-hydrogen) atoms. The van der Waals surface area contributed by atoms with Gasteiger partial charge in [-0.1, -0.05) is 0 Å². The number of aliphatic hydroxyl groups excluding tert-OH is 2. The van der Waals surface area contributed by atoms with E-state index in [0.717, 1.165) is 19.3 Å². The number of hydrogen-bond acceptors (Lipinski definition) is 3. The van der Waals surface area contributed by atoms with E-state index < -0.39 is 0 Å². The summed E-state index contributed by atoms with van der Waals surface area (Å²) in [4.78, 5) is 0. The van der Waals surface area contributed by atoms with E-state index in [4.69, 9.17) is 14.9 Å². The Balaban J connectivity index is 3.09. The molecule has 0 saturated carbocycles. The van der Waals surface area contributed by atoms with Gasteiger partial charge in [0.05, 0.1) is 12.7 Å². The molecule has 0 aliphatic rings. The van der Waals surface area contributed by atoms with Crippen LogP contribution in [0.2, 0.25) is 0 Å². The van der Waals surface area contributed by atoms with E-state index in [0.29, 0.717) is 0 Å². The zero-order valence-electron chi connectivity index (χ0n) is 6.42. The minimum Gasteiger partial charge on any atom is -0.396 e. The average Bonchev–Trinajstić information content (AvgIpc) is 1.99. The molecule has 0 aliphatic heterocycles. The lowest BCUT2D eigenvalue weighted by Crippen LogP contribution is -2.15. The van der Waals surface area contributed by atoms with Gasteiger partial charge in [0.25, 0.3) is 0 Å². The Morgan fingerprint density at radius 2 is 2.00 bits per heavy atom.